The topological polar surface area (TPSA) is 88.1 Å². The fourth-order valence-electron chi connectivity index (χ4n) is 2.03. The third-order valence-electron chi connectivity index (χ3n) is 2.79. The highest BCUT2D eigenvalue weighted by molar-refractivity contribution is 5.69. The minimum absolute atomic E-state index is 0.0615. The van der Waals surface area contributed by atoms with Crippen molar-refractivity contribution in [2.45, 2.75) is 32.4 Å². The Bertz CT molecular complexity index is 340. The van der Waals surface area contributed by atoms with Crippen LogP contribution in [0.2, 0.25) is 0 Å². The Morgan fingerprint density at radius 3 is 2.47 bits per heavy atom. The summed E-state index contributed by atoms with van der Waals surface area (Å²) in [5, 5.41) is 11.7. The molecule has 2 unspecified atom stereocenters. The van der Waals surface area contributed by atoms with Crippen LogP contribution in [0.1, 0.15) is 20.8 Å². The van der Waals surface area contributed by atoms with E-state index in [0.29, 0.717) is 13.2 Å². The van der Waals surface area contributed by atoms with Crippen molar-refractivity contribution >= 4 is 12.2 Å². The summed E-state index contributed by atoms with van der Waals surface area (Å²) in [7, 11) is 1.55. The quantitative estimate of drug-likeness (QED) is 0.805. The van der Waals surface area contributed by atoms with Gasteiger partial charge < -0.3 is 24.8 Å². The lowest BCUT2D eigenvalue weighted by Crippen LogP contribution is -2.44. The van der Waals surface area contributed by atoms with E-state index in [1.165, 1.54) is 4.90 Å². The Balaban J connectivity index is 2.59. The molecule has 1 heterocycles. The molecule has 0 aromatic heterocycles. The number of methoxy groups -OCH3 is 1. The van der Waals surface area contributed by atoms with Crippen LogP contribution >= 0.6 is 0 Å². The SMILES string of the molecule is COCC1CN(C(=O)O)CC1NC(=O)OC(C)(C)C. The zero-order valence-corrected chi connectivity index (χ0v) is 11.8. The molecule has 0 bridgehead atoms. The number of rotatable bonds is 3. The Hall–Kier alpha value is -1.50. The highest BCUT2D eigenvalue weighted by atomic mass is 16.6. The van der Waals surface area contributed by atoms with Crippen LogP contribution in [0.5, 0.6) is 0 Å². The van der Waals surface area contributed by atoms with Crippen molar-refractivity contribution in [3.63, 3.8) is 0 Å². The summed E-state index contributed by atoms with van der Waals surface area (Å²) in [6.07, 6.45) is -1.53. The first kappa shape index (κ1) is 15.6. The van der Waals surface area contributed by atoms with E-state index in [1.54, 1.807) is 27.9 Å². The van der Waals surface area contributed by atoms with Crippen LogP contribution in [-0.4, -0.2) is 60.6 Å². The van der Waals surface area contributed by atoms with Gasteiger partial charge in [-0.1, -0.05) is 0 Å². The number of nitrogens with zero attached hydrogens (tertiary/aromatic N) is 1. The van der Waals surface area contributed by atoms with Crippen molar-refractivity contribution in [3.05, 3.63) is 0 Å². The van der Waals surface area contributed by atoms with Crippen LogP contribution in [0.15, 0.2) is 0 Å². The predicted octanol–water partition coefficient (Wildman–Crippen LogP) is 1.14. The summed E-state index contributed by atoms with van der Waals surface area (Å²) in [6.45, 7) is 6.32. The Kier molecular flexibility index (Phi) is 4.99. The lowest BCUT2D eigenvalue weighted by molar-refractivity contribution is 0.0479. The molecule has 0 aliphatic carbocycles. The molecule has 7 heteroatoms. The van der Waals surface area contributed by atoms with Crippen molar-refractivity contribution in [1.29, 1.82) is 0 Å². The number of carboxylic acid groups (broad SMARTS) is 1. The third kappa shape index (κ3) is 4.94. The summed E-state index contributed by atoms with van der Waals surface area (Å²) < 4.78 is 10.2. The lowest BCUT2D eigenvalue weighted by Gasteiger charge is -2.23. The van der Waals surface area contributed by atoms with Crippen LogP contribution in [0, 0.1) is 5.92 Å². The number of likely N-dealkylation sites (tertiary alicyclic amines) is 1. The number of ether oxygens (including phenoxy) is 2. The minimum Gasteiger partial charge on any atom is -0.465 e. The van der Waals surface area contributed by atoms with Crippen LogP contribution in [0.25, 0.3) is 0 Å². The molecule has 0 saturated carbocycles. The predicted molar refractivity (Wildman–Crippen MR) is 68.1 cm³/mol. The summed E-state index contributed by atoms with van der Waals surface area (Å²) >= 11 is 0. The Morgan fingerprint density at radius 1 is 1.37 bits per heavy atom. The molecule has 0 radical (unpaired) electrons. The fourth-order valence-corrected chi connectivity index (χ4v) is 2.03. The highest BCUT2D eigenvalue weighted by Crippen LogP contribution is 2.18. The van der Waals surface area contributed by atoms with Crippen LogP contribution < -0.4 is 5.32 Å². The van der Waals surface area contributed by atoms with E-state index in [2.05, 4.69) is 5.32 Å². The minimum atomic E-state index is -0.991. The summed E-state index contributed by atoms with van der Waals surface area (Å²) in [4.78, 5) is 23.9. The highest BCUT2D eigenvalue weighted by Gasteiger charge is 2.36. The van der Waals surface area contributed by atoms with Gasteiger partial charge in [-0.3, -0.25) is 0 Å². The molecule has 1 fully saturated rings. The van der Waals surface area contributed by atoms with Crippen molar-refractivity contribution in [3.8, 4) is 0 Å². The van der Waals surface area contributed by atoms with Gasteiger partial charge in [-0.25, -0.2) is 9.59 Å². The molecule has 2 atom stereocenters. The van der Waals surface area contributed by atoms with Crippen molar-refractivity contribution < 1.29 is 24.2 Å². The summed E-state index contributed by atoms with van der Waals surface area (Å²) in [6, 6.07) is -0.286. The van der Waals surface area contributed by atoms with Gasteiger partial charge in [0, 0.05) is 26.1 Å². The van der Waals surface area contributed by atoms with Gasteiger partial charge in [0.05, 0.1) is 12.6 Å². The van der Waals surface area contributed by atoms with Gasteiger partial charge in [0.1, 0.15) is 5.60 Å². The Labute approximate surface area is 112 Å². The van der Waals surface area contributed by atoms with E-state index >= 15 is 0 Å². The van der Waals surface area contributed by atoms with E-state index in [1.807, 2.05) is 0 Å². The smallest absolute Gasteiger partial charge is 0.407 e. The number of hydrogen-bond acceptors (Lipinski definition) is 4. The average molecular weight is 274 g/mol. The van der Waals surface area contributed by atoms with Crippen molar-refractivity contribution in [2.24, 2.45) is 5.92 Å². The fraction of sp³-hybridized carbons (Fsp3) is 0.833. The Morgan fingerprint density at radius 2 is 2.00 bits per heavy atom. The number of hydrogen-bond donors (Lipinski definition) is 2. The largest absolute Gasteiger partial charge is 0.465 e. The van der Waals surface area contributed by atoms with E-state index < -0.39 is 17.8 Å². The molecular weight excluding hydrogens is 252 g/mol. The third-order valence-corrected chi connectivity index (χ3v) is 2.79. The van der Waals surface area contributed by atoms with E-state index in [9.17, 15) is 9.59 Å². The maximum Gasteiger partial charge on any atom is 0.407 e. The van der Waals surface area contributed by atoms with Crippen LogP contribution in [-0.2, 0) is 9.47 Å². The summed E-state index contributed by atoms with van der Waals surface area (Å²) in [5.74, 6) is -0.0615. The van der Waals surface area contributed by atoms with Gasteiger partial charge in [-0.05, 0) is 20.8 Å². The lowest BCUT2D eigenvalue weighted by atomic mass is 10.1. The number of carbonyl (C=O) groups is 2. The normalized spacial score (nSPS) is 23.3. The van der Waals surface area contributed by atoms with Gasteiger partial charge in [-0.15, -0.1) is 0 Å². The molecule has 0 spiro atoms. The molecule has 19 heavy (non-hydrogen) atoms. The zero-order valence-electron chi connectivity index (χ0n) is 11.8. The molecule has 1 aliphatic heterocycles. The van der Waals surface area contributed by atoms with E-state index in [4.69, 9.17) is 14.6 Å². The maximum atomic E-state index is 11.7. The molecule has 7 nitrogen and oxygen atoms in total. The molecule has 0 aromatic carbocycles. The van der Waals surface area contributed by atoms with Gasteiger partial charge in [0.2, 0.25) is 0 Å². The van der Waals surface area contributed by atoms with Crippen molar-refractivity contribution in [2.75, 3.05) is 26.8 Å². The number of carbonyl (C=O) groups excluding carboxylic acids is 1. The second kappa shape index (κ2) is 6.10. The van der Waals surface area contributed by atoms with Gasteiger partial charge >= 0.3 is 12.2 Å². The number of alkyl carbamates (subject to hydrolysis) is 1. The van der Waals surface area contributed by atoms with E-state index in [0.717, 1.165) is 0 Å². The molecule has 0 aromatic rings. The van der Waals surface area contributed by atoms with Crippen LogP contribution in [0.4, 0.5) is 9.59 Å². The van der Waals surface area contributed by atoms with Gasteiger partial charge in [-0.2, -0.15) is 0 Å². The first-order chi connectivity index (χ1) is 8.73. The number of nitrogens with one attached hydrogen (secondary N) is 1. The average Bonchev–Trinajstić information content (AvgIpc) is 2.59. The second-order valence-corrected chi connectivity index (χ2v) is 5.66. The van der Waals surface area contributed by atoms with Gasteiger partial charge in [0.15, 0.2) is 0 Å². The zero-order chi connectivity index (χ0) is 14.6. The molecule has 110 valence electrons. The first-order valence-electron chi connectivity index (χ1n) is 6.19. The summed E-state index contributed by atoms with van der Waals surface area (Å²) in [5.41, 5.74) is -0.577. The maximum absolute atomic E-state index is 11.7. The monoisotopic (exact) mass is 274 g/mol. The second-order valence-electron chi connectivity index (χ2n) is 5.66. The van der Waals surface area contributed by atoms with Crippen molar-refractivity contribution in [1.82, 2.24) is 10.2 Å². The molecule has 1 saturated heterocycles. The molecular formula is C12H22N2O5. The first-order valence-corrected chi connectivity index (χ1v) is 6.19. The molecule has 2 N–H and O–H groups in total. The van der Waals surface area contributed by atoms with E-state index in [-0.39, 0.29) is 18.5 Å². The van der Waals surface area contributed by atoms with Crippen LogP contribution in [0.3, 0.4) is 0 Å². The van der Waals surface area contributed by atoms with Gasteiger partial charge in [0.25, 0.3) is 0 Å². The number of amides is 2. The molecule has 2 amide bonds. The molecule has 1 aliphatic rings. The molecule has 1 rings (SSSR count). The standard InChI is InChI=1S/C12H22N2O5/c1-12(2,3)19-10(15)13-9-6-14(11(16)17)5-8(9)7-18-4/h8-9H,5-7H2,1-4H3,(H,13,15)(H,16,17).